The monoisotopic (exact) mass is 360 g/mol. The summed E-state index contributed by atoms with van der Waals surface area (Å²) >= 11 is 0. The Morgan fingerprint density at radius 3 is 2.52 bits per heavy atom. The molecular weight excluding hydrogens is 344 g/mol. The van der Waals surface area contributed by atoms with Crippen molar-refractivity contribution in [3.63, 3.8) is 0 Å². The van der Waals surface area contributed by atoms with Crippen molar-refractivity contribution in [2.75, 3.05) is 24.2 Å². The van der Waals surface area contributed by atoms with Crippen molar-refractivity contribution in [3.8, 4) is 5.75 Å². The van der Waals surface area contributed by atoms with Gasteiger partial charge >= 0.3 is 5.63 Å². The largest absolute Gasteiger partial charge is 0.497 e. The van der Waals surface area contributed by atoms with Crippen LogP contribution in [0.15, 0.2) is 62.6 Å². The van der Waals surface area contributed by atoms with Gasteiger partial charge < -0.3 is 14.5 Å². The highest BCUT2D eigenvalue weighted by Gasteiger charge is 2.21. The summed E-state index contributed by atoms with van der Waals surface area (Å²) < 4.78 is 37.9. The maximum Gasteiger partial charge on any atom is 0.363 e. The molecule has 0 bridgehead atoms. The summed E-state index contributed by atoms with van der Waals surface area (Å²) in [6.45, 7) is 0. The molecule has 0 aliphatic carbocycles. The van der Waals surface area contributed by atoms with Gasteiger partial charge in [0.2, 0.25) is 0 Å². The number of para-hydroxylation sites is 1. The highest BCUT2D eigenvalue weighted by Crippen LogP contribution is 2.30. The molecule has 0 aliphatic rings. The van der Waals surface area contributed by atoms with Crippen molar-refractivity contribution >= 4 is 32.4 Å². The Hall–Kier alpha value is -3.00. The van der Waals surface area contributed by atoms with Crippen molar-refractivity contribution in [2.45, 2.75) is 4.90 Å². The Balaban J connectivity index is 2.13. The van der Waals surface area contributed by atoms with E-state index in [-0.39, 0.29) is 10.6 Å². The van der Waals surface area contributed by atoms with Crippen molar-refractivity contribution in [3.05, 3.63) is 59.0 Å². The van der Waals surface area contributed by atoms with E-state index < -0.39 is 15.6 Å². The topological polar surface area (TPSA) is 97.6 Å². The number of rotatable bonds is 5. The molecule has 0 aliphatic heterocycles. The van der Waals surface area contributed by atoms with E-state index in [1.807, 2.05) is 0 Å². The summed E-state index contributed by atoms with van der Waals surface area (Å²) in [7, 11) is -0.957. The van der Waals surface area contributed by atoms with Crippen LogP contribution in [0.1, 0.15) is 0 Å². The smallest absolute Gasteiger partial charge is 0.363 e. The third-order valence-electron chi connectivity index (χ3n) is 3.65. The second kappa shape index (κ2) is 6.48. The van der Waals surface area contributed by atoms with Crippen molar-refractivity contribution in [2.24, 2.45) is 0 Å². The molecule has 3 rings (SSSR count). The quantitative estimate of drug-likeness (QED) is 0.679. The van der Waals surface area contributed by atoms with Gasteiger partial charge in [-0.25, -0.2) is 13.2 Å². The van der Waals surface area contributed by atoms with Gasteiger partial charge in [0.05, 0.1) is 17.7 Å². The first-order valence-electron chi connectivity index (χ1n) is 7.37. The van der Waals surface area contributed by atoms with Gasteiger partial charge in [0.1, 0.15) is 11.3 Å². The summed E-state index contributed by atoms with van der Waals surface area (Å²) in [5.41, 5.74) is -0.252. The van der Waals surface area contributed by atoms with Crippen LogP contribution in [0.4, 0.5) is 11.4 Å². The normalized spacial score (nSPS) is 11.3. The maximum atomic E-state index is 12.7. The van der Waals surface area contributed by atoms with E-state index in [1.165, 1.54) is 19.2 Å². The lowest BCUT2D eigenvalue weighted by atomic mass is 10.2. The minimum absolute atomic E-state index is 0.0264. The molecule has 130 valence electrons. The van der Waals surface area contributed by atoms with Crippen LogP contribution in [0.2, 0.25) is 0 Å². The Labute approximate surface area is 144 Å². The average molecular weight is 360 g/mol. The van der Waals surface area contributed by atoms with E-state index in [9.17, 15) is 13.2 Å². The fourth-order valence-electron chi connectivity index (χ4n) is 2.46. The van der Waals surface area contributed by atoms with Crippen LogP contribution < -0.4 is 20.4 Å². The number of anilines is 2. The molecule has 1 heterocycles. The highest BCUT2D eigenvalue weighted by atomic mass is 32.2. The lowest BCUT2D eigenvalue weighted by Gasteiger charge is -2.13. The molecule has 3 aromatic rings. The zero-order chi connectivity index (χ0) is 18.0. The van der Waals surface area contributed by atoms with Gasteiger partial charge in [-0.3, -0.25) is 4.72 Å². The number of benzene rings is 2. The number of nitrogens with one attached hydrogen (secondary N) is 2. The van der Waals surface area contributed by atoms with E-state index in [4.69, 9.17) is 9.15 Å². The third-order valence-corrected chi connectivity index (χ3v) is 5.00. The Bertz CT molecular complexity index is 1090. The van der Waals surface area contributed by atoms with E-state index in [0.717, 1.165) is 0 Å². The summed E-state index contributed by atoms with van der Waals surface area (Å²) in [5.74, 6) is 0.391. The summed E-state index contributed by atoms with van der Waals surface area (Å²) in [4.78, 5) is 12.3. The van der Waals surface area contributed by atoms with E-state index >= 15 is 0 Å². The van der Waals surface area contributed by atoms with Gasteiger partial charge in [-0.15, -0.1) is 0 Å². The van der Waals surface area contributed by atoms with Crippen LogP contribution in [-0.2, 0) is 10.0 Å². The molecule has 0 saturated heterocycles. The van der Waals surface area contributed by atoms with Crippen LogP contribution in [0.25, 0.3) is 11.0 Å². The Morgan fingerprint density at radius 2 is 1.80 bits per heavy atom. The maximum absolute atomic E-state index is 12.7. The number of ether oxygens (including phenoxy) is 1. The first-order valence-corrected chi connectivity index (χ1v) is 8.85. The number of sulfonamides is 1. The molecule has 0 amide bonds. The molecular formula is C17H16N2O5S. The van der Waals surface area contributed by atoms with E-state index in [1.54, 1.807) is 43.4 Å². The molecule has 1 aromatic heterocycles. The third kappa shape index (κ3) is 3.16. The second-order valence-corrected chi connectivity index (χ2v) is 6.85. The van der Waals surface area contributed by atoms with Gasteiger partial charge in [0.25, 0.3) is 10.0 Å². The summed E-state index contributed by atoms with van der Waals surface area (Å²) in [6.07, 6.45) is 0. The van der Waals surface area contributed by atoms with Crippen molar-refractivity contribution in [1.29, 1.82) is 0 Å². The predicted molar refractivity (Wildman–Crippen MR) is 95.8 cm³/mol. The fraction of sp³-hybridized carbons (Fsp3) is 0.118. The SMILES string of the molecule is CNc1c(NS(=O)(=O)c2cccc(OC)c2)c(=O)oc2ccccc12. The predicted octanol–water partition coefficient (Wildman–Crippen LogP) is 2.64. The van der Waals surface area contributed by atoms with E-state index in [0.29, 0.717) is 22.4 Å². The average Bonchev–Trinajstić information content (AvgIpc) is 2.62. The lowest BCUT2D eigenvalue weighted by Crippen LogP contribution is -2.20. The molecule has 7 nitrogen and oxygen atoms in total. The molecule has 2 aromatic carbocycles. The molecule has 0 unspecified atom stereocenters. The summed E-state index contributed by atoms with van der Waals surface area (Å²) in [6, 6.07) is 12.8. The highest BCUT2D eigenvalue weighted by molar-refractivity contribution is 7.92. The van der Waals surface area contributed by atoms with Crippen LogP contribution in [0.3, 0.4) is 0 Å². The van der Waals surface area contributed by atoms with Gasteiger partial charge in [-0.2, -0.15) is 0 Å². The van der Waals surface area contributed by atoms with Crippen LogP contribution in [0.5, 0.6) is 5.75 Å². The van der Waals surface area contributed by atoms with Crippen molar-refractivity contribution in [1.82, 2.24) is 0 Å². The molecule has 8 heteroatoms. The van der Waals surface area contributed by atoms with Gasteiger partial charge in [0, 0.05) is 18.5 Å². The number of hydrogen-bond acceptors (Lipinski definition) is 6. The Kier molecular flexibility index (Phi) is 4.37. The molecule has 0 spiro atoms. The van der Waals surface area contributed by atoms with Crippen LogP contribution in [-0.4, -0.2) is 22.6 Å². The minimum atomic E-state index is -4.00. The Morgan fingerprint density at radius 1 is 1.04 bits per heavy atom. The second-order valence-electron chi connectivity index (χ2n) is 5.17. The number of methoxy groups -OCH3 is 1. The molecule has 0 atom stereocenters. The summed E-state index contributed by atoms with van der Waals surface area (Å²) in [5, 5.41) is 3.46. The molecule has 25 heavy (non-hydrogen) atoms. The van der Waals surface area contributed by atoms with Crippen LogP contribution in [0, 0.1) is 0 Å². The molecule has 0 saturated carbocycles. The molecule has 2 N–H and O–H groups in total. The number of fused-ring (bicyclic) bond motifs is 1. The lowest BCUT2D eigenvalue weighted by molar-refractivity contribution is 0.413. The first-order chi connectivity index (χ1) is 12.0. The zero-order valence-corrected chi connectivity index (χ0v) is 14.4. The zero-order valence-electron chi connectivity index (χ0n) is 13.6. The molecule has 0 radical (unpaired) electrons. The molecule has 0 fully saturated rings. The number of hydrogen-bond donors (Lipinski definition) is 2. The minimum Gasteiger partial charge on any atom is -0.497 e. The van der Waals surface area contributed by atoms with Gasteiger partial charge in [0.15, 0.2) is 5.69 Å². The first kappa shape index (κ1) is 16.8. The van der Waals surface area contributed by atoms with E-state index in [2.05, 4.69) is 10.0 Å². The fourth-order valence-corrected chi connectivity index (χ4v) is 3.56. The van der Waals surface area contributed by atoms with Gasteiger partial charge in [-0.1, -0.05) is 18.2 Å². The van der Waals surface area contributed by atoms with Crippen LogP contribution >= 0.6 is 0 Å². The van der Waals surface area contributed by atoms with Gasteiger partial charge in [-0.05, 0) is 24.3 Å². The standard InChI is InChI=1S/C17H16N2O5S/c1-18-15-13-8-3-4-9-14(13)24-17(20)16(15)19-25(21,22)12-7-5-6-11(10-12)23-2/h3-10,18-19H,1-2H3. The van der Waals surface area contributed by atoms with Crippen molar-refractivity contribution < 1.29 is 17.6 Å².